The molecule has 3 heterocycles. The molecule has 61 heavy (non-hydrogen) atoms. The quantitative estimate of drug-likeness (QED) is 0.135. The maximum absolute atomic E-state index is 14.0. The van der Waals surface area contributed by atoms with Gasteiger partial charge in [0, 0.05) is 37.1 Å². The molecule has 1 amide bonds. The van der Waals surface area contributed by atoms with Gasteiger partial charge in [-0.05, 0) is 101 Å². The summed E-state index contributed by atoms with van der Waals surface area (Å²) in [6.07, 6.45) is 5.94. The van der Waals surface area contributed by atoms with Gasteiger partial charge in [-0.3, -0.25) is 19.2 Å². The SMILES string of the molecule is C/C1=C\[C@@H](C)C(=O)C[C@@H]([C@H](C)CC2CC[C@H](O)[C@@H](O)C2)OC(=O)[C@@H]2CCCN2C(=O)C(=O)[C@]2(O)O[C@@H](CC[C@H]2C)C[C@H](O)/C(C)=C/C=C/C=C/[C@@H](C)C[C@@H](C)C(=O)[C@H](O)[C@@H]1O. The molecule has 2 bridgehead atoms. The molecule has 0 aromatic heterocycles. The zero-order chi connectivity index (χ0) is 45.3. The molecule has 0 aromatic carbocycles. The number of ketones is 3. The highest BCUT2D eigenvalue weighted by molar-refractivity contribution is 6.39. The van der Waals surface area contributed by atoms with E-state index in [-0.39, 0.29) is 49.0 Å². The van der Waals surface area contributed by atoms with Gasteiger partial charge in [-0.2, -0.15) is 0 Å². The highest BCUT2D eigenvalue weighted by atomic mass is 16.6. The highest BCUT2D eigenvalue weighted by Crippen LogP contribution is 2.37. The number of allylic oxidation sites excluding steroid dienone is 6. The van der Waals surface area contributed by atoms with E-state index in [4.69, 9.17) is 9.47 Å². The number of nitrogens with zero attached hydrogens (tertiary/aromatic N) is 1. The second kappa shape index (κ2) is 22.3. The van der Waals surface area contributed by atoms with Crippen LogP contribution in [0.2, 0.25) is 0 Å². The van der Waals surface area contributed by atoms with Crippen molar-refractivity contribution >= 4 is 29.2 Å². The minimum absolute atomic E-state index is 0.0333. The van der Waals surface area contributed by atoms with Crippen molar-refractivity contribution in [1.29, 1.82) is 0 Å². The Bertz CT molecular complexity index is 1690. The van der Waals surface area contributed by atoms with Crippen molar-refractivity contribution in [2.75, 3.05) is 6.54 Å². The molecule has 14 heteroatoms. The number of rotatable bonds is 3. The van der Waals surface area contributed by atoms with E-state index < -0.39 is 102 Å². The van der Waals surface area contributed by atoms with Crippen LogP contribution in [-0.4, -0.2) is 126 Å². The van der Waals surface area contributed by atoms with Gasteiger partial charge in [0.2, 0.25) is 5.79 Å². The van der Waals surface area contributed by atoms with E-state index in [1.54, 1.807) is 52.0 Å². The number of hydrogen-bond acceptors (Lipinski definition) is 13. The minimum atomic E-state index is -2.49. The number of amides is 1. The number of cyclic esters (lactones) is 1. The van der Waals surface area contributed by atoms with Crippen LogP contribution in [0, 0.1) is 35.5 Å². The molecule has 6 N–H and O–H groups in total. The van der Waals surface area contributed by atoms with Crippen molar-refractivity contribution < 1.29 is 64.1 Å². The molecule has 1 unspecified atom stereocenters. The van der Waals surface area contributed by atoms with Crippen LogP contribution >= 0.6 is 0 Å². The van der Waals surface area contributed by atoms with Crippen LogP contribution in [0.3, 0.4) is 0 Å². The Morgan fingerprint density at radius 1 is 0.820 bits per heavy atom. The van der Waals surface area contributed by atoms with Crippen molar-refractivity contribution in [3.63, 3.8) is 0 Å². The summed E-state index contributed by atoms with van der Waals surface area (Å²) in [5.41, 5.74) is 0.818. The molecule has 0 aromatic rings. The van der Waals surface area contributed by atoms with Gasteiger partial charge in [0.05, 0.1) is 24.4 Å². The fourth-order valence-electron chi connectivity index (χ4n) is 9.23. The summed E-state index contributed by atoms with van der Waals surface area (Å²) in [5, 5.41) is 65.1. The Labute approximate surface area is 360 Å². The topological polar surface area (TPSA) is 228 Å². The molecule has 14 nitrogen and oxygen atoms in total. The van der Waals surface area contributed by atoms with Gasteiger partial charge in [-0.25, -0.2) is 4.79 Å². The number of Topliss-reactive ketones (excluding diaryl/α,β-unsaturated/α-hetero) is 3. The van der Waals surface area contributed by atoms with Gasteiger partial charge >= 0.3 is 5.97 Å². The number of ether oxygens (including phenoxy) is 2. The van der Waals surface area contributed by atoms with E-state index in [9.17, 15) is 54.6 Å². The van der Waals surface area contributed by atoms with E-state index in [2.05, 4.69) is 0 Å². The number of hydrogen-bond donors (Lipinski definition) is 6. The molecule has 0 spiro atoms. The predicted octanol–water partition coefficient (Wildman–Crippen LogP) is 3.83. The number of aliphatic hydroxyl groups excluding tert-OH is 5. The molecule has 4 aliphatic rings. The van der Waals surface area contributed by atoms with Gasteiger partial charge in [0.15, 0.2) is 5.78 Å². The maximum atomic E-state index is 14.0. The van der Waals surface area contributed by atoms with Crippen LogP contribution in [0.4, 0.5) is 0 Å². The third-order valence-electron chi connectivity index (χ3n) is 13.5. The molecule has 0 radical (unpaired) electrons. The zero-order valence-electron chi connectivity index (χ0n) is 37.0. The average molecular weight is 858 g/mol. The molecule has 1 aliphatic carbocycles. The summed E-state index contributed by atoms with van der Waals surface area (Å²) in [7, 11) is 0. The van der Waals surface area contributed by atoms with Crippen LogP contribution in [0.25, 0.3) is 0 Å². The maximum Gasteiger partial charge on any atom is 0.329 e. The minimum Gasteiger partial charge on any atom is -0.460 e. The summed E-state index contributed by atoms with van der Waals surface area (Å²) in [4.78, 5) is 70.1. The third-order valence-corrected chi connectivity index (χ3v) is 13.5. The monoisotopic (exact) mass is 857 g/mol. The van der Waals surface area contributed by atoms with E-state index in [1.165, 1.54) is 13.0 Å². The molecule has 1 saturated carbocycles. The lowest BCUT2D eigenvalue weighted by atomic mass is 9.78. The second-order valence-corrected chi connectivity index (χ2v) is 18.6. The van der Waals surface area contributed by atoms with Crippen molar-refractivity contribution in [3.8, 4) is 0 Å². The number of aliphatic hydroxyl groups is 6. The van der Waals surface area contributed by atoms with E-state index in [1.807, 2.05) is 19.9 Å². The van der Waals surface area contributed by atoms with E-state index in [0.717, 1.165) is 4.90 Å². The fraction of sp³-hybridized carbons (Fsp3) is 0.723. The van der Waals surface area contributed by atoms with Crippen LogP contribution < -0.4 is 0 Å². The molecule has 2 saturated heterocycles. The van der Waals surface area contributed by atoms with Crippen molar-refractivity contribution in [1.82, 2.24) is 4.90 Å². The first-order valence-corrected chi connectivity index (χ1v) is 22.3. The molecular weight excluding hydrogens is 787 g/mol. The van der Waals surface area contributed by atoms with Gasteiger partial charge in [0.25, 0.3) is 11.7 Å². The van der Waals surface area contributed by atoms with Crippen molar-refractivity contribution in [3.05, 3.63) is 47.6 Å². The normalized spacial score (nSPS) is 42.1. The third kappa shape index (κ3) is 13.1. The van der Waals surface area contributed by atoms with Crippen LogP contribution in [0.1, 0.15) is 119 Å². The Morgan fingerprint density at radius 3 is 2.21 bits per heavy atom. The van der Waals surface area contributed by atoms with Crippen LogP contribution in [0.5, 0.6) is 0 Å². The summed E-state index contributed by atoms with van der Waals surface area (Å²) >= 11 is 0. The van der Waals surface area contributed by atoms with Crippen LogP contribution in [-0.2, 0) is 33.4 Å². The molecule has 4 rings (SSSR count). The number of esters is 1. The van der Waals surface area contributed by atoms with E-state index in [0.29, 0.717) is 56.9 Å². The zero-order valence-corrected chi connectivity index (χ0v) is 37.0. The number of fused-ring (bicyclic) bond motifs is 3. The lowest BCUT2D eigenvalue weighted by Gasteiger charge is -2.41. The number of carbonyl (C=O) groups excluding carboxylic acids is 5. The molecule has 342 valence electrons. The largest absolute Gasteiger partial charge is 0.460 e. The van der Waals surface area contributed by atoms with Crippen molar-refractivity contribution in [2.45, 2.75) is 174 Å². The highest BCUT2D eigenvalue weighted by Gasteiger charge is 2.53. The first-order valence-electron chi connectivity index (χ1n) is 22.3. The predicted molar refractivity (Wildman–Crippen MR) is 226 cm³/mol. The first-order chi connectivity index (χ1) is 28.6. The lowest BCUT2D eigenvalue weighted by molar-refractivity contribution is -0.265. The second-order valence-electron chi connectivity index (χ2n) is 18.6. The summed E-state index contributed by atoms with van der Waals surface area (Å²) in [5.74, 6) is -9.21. The van der Waals surface area contributed by atoms with Crippen LogP contribution in [0.15, 0.2) is 47.6 Å². The Balaban J connectivity index is 1.65. The summed E-state index contributed by atoms with van der Waals surface area (Å²) in [6.45, 7) is 11.9. The Morgan fingerprint density at radius 2 is 1.52 bits per heavy atom. The average Bonchev–Trinajstić information content (AvgIpc) is 3.71. The smallest absolute Gasteiger partial charge is 0.329 e. The van der Waals surface area contributed by atoms with Crippen molar-refractivity contribution in [2.24, 2.45) is 35.5 Å². The summed E-state index contributed by atoms with van der Waals surface area (Å²) in [6, 6.07) is -1.18. The van der Waals surface area contributed by atoms with Gasteiger partial charge in [0.1, 0.15) is 30.1 Å². The molecule has 3 aliphatic heterocycles. The van der Waals surface area contributed by atoms with Gasteiger partial charge < -0.3 is 45.0 Å². The Hall–Kier alpha value is -3.37. The Kier molecular flexibility index (Phi) is 18.4. The van der Waals surface area contributed by atoms with Gasteiger partial charge in [-0.15, -0.1) is 0 Å². The summed E-state index contributed by atoms with van der Waals surface area (Å²) < 4.78 is 12.0. The number of carbonyl (C=O) groups is 5. The lowest BCUT2D eigenvalue weighted by Crippen LogP contribution is -2.59. The fourth-order valence-corrected chi connectivity index (χ4v) is 9.23. The van der Waals surface area contributed by atoms with Gasteiger partial charge in [-0.1, -0.05) is 71.1 Å². The molecule has 3 fully saturated rings. The molecular formula is C47H71NO13. The first kappa shape index (κ1) is 50.3. The van der Waals surface area contributed by atoms with E-state index >= 15 is 0 Å². The standard InChI is InChI=1S/C47H71NO13/c1-26-12-9-8-10-13-27(2)37(50)24-34-17-15-32(7)47(59,61-34)44(56)45(57)48-19-11-14-35(48)46(58)60-40(29(4)22-33-16-18-36(49)39(52)23-33)25-38(51)28(3)21-31(6)42(54)43(55)41(53)30(5)20-26/h8-10,12-13,21,26,28-30,32-37,39-40,42-43,49-50,52,54-55,59H,11,14-20,22-25H2,1-7H3/b10-8+,12-9+,27-13+,31-21+/t26-,28-,29-,30-,32-,33?,34+,35+,36+,37+,39+,40+,42-,43+,47-/m1/s1. The molecule has 15 atom stereocenters.